The van der Waals surface area contributed by atoms with Crippen LogP contribution in [0.3, 0.4) is 0 Å². The Balaban J connectivity index is 1.73. The van der Waals surface area contributed by atoms with E-state index >= 15 is 0 Å². The topological polar surface area (TPSA) is 68.0 Å². The molecule has 2 atom stereocenters. The molecule has 0 saturated heterocycles. The standard InChI is InChI=1S/C15H19N3OS2/c1-2-17-15(13(16)19)8-7-10(9-15)20-14-18-11-5-3-4-6-12(11)21-14/h3-6,10,17H,2,7-9H2,1H3,(H2,16,19). The summed E-state index contributed by atoms with van der Waals surface area (Å²) in [4.78, 5) is 16.4. The zero-order valence-corrected chi connectivity index (χ0v) is 13.6. The average molecular weight is 321 g/mol. The Kier molecular flexibility index (Phi) is 4.19. The summed E-state index contributed by atoms with van der Waals surface area (Å²) in [5.41, 5.74) is 6.14. The van der Waals surface area contributed by atoms with Crippen molar-refractivity contribution >= 4 is 39.2 Å². The molecule has 21 heavy (non-hydrogen) atoms. The van der Waals surface area contributed by atoms with E-state index in [2.05, 4.69) is 16.4 Å². The van der Waals surface area contributed by atoms with E-state index in [1.54, 1.807) is 23.1 Å². The van der Waals surface area contributed by atoms with Gasteiger partial charge in [-0.25, -0.2) is 4.98 Å². The number of fused-ring (bicyclic) bond motifs is 1. The fraction of sp³-hybridized carbons (Fsp3) is 0.467. The van der Waals surface area contributed by atoms with Crippen LogP contribution in [0.2, 0.25) is 0 Å². The van der Waals surface area contributed by atoms with E-state index in [-0.39, 0.29) is 5.91 Å². The van der Waals surface area contributed by atoms with Gasteiger partial charge in [-0.15, -0.1) is 11.3 Å². The summed E-state index contributed by atoms with van der Waals surface area (Å²) in [6, 6.07) is 8.18. The Bertz CT molecular complexity index is 624. The van der Waals surface area contributed by atoms with Gasteiger partial charge in [-0.1, -0.05) is 30.8 Å². The third-order valence-electron chi connectivity index (χ3n) is 4.00. The van der Waals surface area contributed by atoms with Crippen LogP contribution in [-0.2, 0) is 4.79 Å². The third-order valence-corrected chi connectivity index (χ3v) is 6.40. The molecule has 2 unspecified atom stereocenters. The number of hydrogen-bond donors (Lipinski definition) is 2. The number of rotatable bonds is 5. The van der Waals surface area contributed by atoms with Gasteiger partial charge < -0.3 is 11.1 Å². The molecule has 0 bridgehead atoms. The molecule has 0 spiro atoms. The van der Waals surface area contributed by atoms with Crippen LogP contribution in [0.4, 0.5) is 0 Å². The van der Waals surface area contributed by atoms with Gasteiger partial charge in [-0.2, -0.15) is 0 Å². The monoisotopic (exact) mass is 321 g/mol. The second-order valence-electron chi connectivity index (χ2n) is 5.41. The Labute approximate surface area is 132 Å². The highest BCUT2D eigenvalue weighted by molar-refractivity contribution is 8.01. The number of amides is 1. The van der Waals surface area contributed by atoms with E-state index in [9.17, 15) is 4.79 Å². The molecule has 4 nitrogen and oxygen atoms in total. The number of nitrogens with one attached hydrogen (secondary N) is 1. The number of carbonyl (C=O) groups is 1. The van der Waals surface area contributed by atoms with Crippen LogP contribution < -0.4 is 11.1 Å². The van der Waals surface area contributed by atoms with E-state index in [4.69, 9.17) is 5.73 Å². The van der Waals surface area contributed by atoms with E-state index in [1.165, 1.54) is 4.70 Å². The van der Waals surface area contributed by atoms with Crippen LogP contribution >= 0.6 is 23.1 Å². The maximum Gasteiger partial charge on any atom is 0.237 e. The molecule has 1 fully saturated rings. The summed E-state index contributed by atoms with van der Waals surface area (Å²) in [7, 11) is 0. The van der Waals surface area contributed by atoms with E-state index < -0.39 is 5.54 Å². The Hall–Kier alpha value is -1.11. The van der Waals surface area contributed by atoms with Crippen LogP contribution in [0, 0.1) is 0 Å². The fourth-order valence-electron chi connectivity index (χ4n) is 2.95. The number of aromatic nitrogens is 1. The number of thioether (sulfide) groups is 1. The van der Waals surface area contributed by atoms with Crippen molar-refractivity contribution in [1.29, 1.82) is 0 Å². The number of nitrogens with zero attached hydrogens (tertiary/aromatic N) is 1. The molecule has 6 heteroatoms. The summed E-state index contributed by atoms with van der Waals surface area (Å²) in [5, 5.41) is 3.69. The van der Waals surface area contributed by atoms with Gasteiger partial charge in [0.15, 0.2) is 4.34 Å². The van der Waals surface area contributed by atoms with Gasteiger partial charge in [0.25, 0.3) is 0 Å². The Morgan fingerprint density at radius 1 is 1.57 bits per heavy atom. The maximum absolute atomic E-state index is 11.8. The minimum Gasteiger partial charge on any atom is -0.368 e. The van der Waals surface area contributed by atoms with Crippen molar-refractivity contribution in [3.05, 3.63) is 24.3 Å². The van der Waals surface area contributed by atoms with Crippen molar-refractivity contribution in [2.24, 2.45) is 5.73 Å². The molecule has 2 aromatic rings. The van der Waals surface area contributed by atoms with Crippen molar-refractivity contribution in [1.82, 2.24) is 10.3 Å². The highest BCUT2D eigenvalue weighted by Gasteiger charge is 2.43. The molecular weight excluding hydrogens is 302 g/mol. The zero-order valence-electron chi connectivity index (χ0n) is 12.0. The van der Waals surface area contributed by atoms with E-state index in [1.807, 2.05) is 25.1 Å². The predicted molar refractivity (Wildman–Crippen MR) is 88.7 cm³/mol. The first-order valence-electron chi connectivity index (χ1n) is 7.20. The van der Waals surface area contributed by atoms with Crippen molar-refractivity contribution < 1.29 is 4.79 Å². The average Bonchev–Trinajstić information content (AvgIpc) is 3.04. The largest absolute Gasteiger partial charge is 0.368 e. The van der Waals surface area contributed by atoms with Gasteiger partial charge >= 0.3 is 0 Å². The molecule has 3 N–H and O–H groups in total. The molecule has 1 aliphatic rings. The van der Waals surface area contributed by atoms with Gasteiger partial charge in [0.2, 0.25) is 5.91 Å². The number of hydrogen-bond acceptors (Lipinski definition) is 5. The molecule has 0 aliphatic heterocycles. The predicted octanol–water partition coefficient (Wildman–Crippen LogP) is 2.77. The molecule has 1 aromatic heterocycles. The lowest BCUT2D eigenvalue weighted by Gasteiger charge is -2.26. The second kappa shape index (κ2) is 5.94. The number of carbonyl (C=O) groups excluding carboxylic acids is 1. The number of para-hydroxylation sites is 1. The Morgan fingerprint density at radius 2 is 2.38 bits per heavy atom. The molecule has 1 heterocycles. The third kappa shape index (κ3) is 2.93. The summed E-state index contributed by atoms with van der Waals surface area (Å²) in [6.45, 7) is 2.78. The Morgan fingerprint density at radius 3 is 3.10 bits per heavy atom. The molecule has 112 valence electrons. The fourth-order valence-corrected chi connectivity index (χ4v) is 5.56. The van der Waals surface area contributed by atoms with Crippen LogP contribution in [-0.4, -0.2) is 28.2 Å². The SMILES string of the molecule is CCNC1(C(N)=O)CCC(Sc2nc3ccccc3s2)C1. The molecular formula is C15H19N3OS2. The van der Waals surface area contributed by atoms with Crippen LogP contribution in [0.15, 0.2) is 28.6 Å². The minimum absolute atomic E-state index is 0.225. The molecule has 0 radical (unpaired) electrons. The molecule has 1 amide bonds. The van der Waals surface area contributed by atoms with Gasteiger partial charge in [0, 0.05) is 5.25 Å². The van der Waals surface area contributed by atoms with Crippen molar-refractivity contribution in [3.63, 3.8) is 0 Å². The highest BCUT2D eigenvalue weighted by Crippen LogP contribution is 2.42. The van der Waals surface area contributed by atoms with Gasteiger partial charge in [-0.05, 0) is 37.9 Å². The smallest absolute Gasteiger partial charge is 0.237 e. The number of nitrogens with two attached hydrogens (primary N) is 1. The zero-order chi connectivity index (χ0) is 14.9. The van der Waals surface area contributed by atoms with Crippen LogP contribution in [0.5, 0.6) is 0 Å². The van der Waals surface area contributed by atoms with Crippen molar-refractivity contribution in [2.75, 3.05) is 6.54 Å². The molecule has 3 rings (SSSR count). The molecule has 1 aromatic carbocycles. The lowest BCUT2D eigenvalue weighted by atomic mass is 9.97. The molecule has 1 saturated carbocycles. The number of thiazole rings is 1. The first-order valence-corrected chi connectivity index (χ1v) is 8.90. The summed E-state index contributed by atoms with van der Waals surface area (Å²) >= 11 is 3.50. The number of likely N-dealkylation sites (N-methyl/N-ethyl adjacent to an activating group) is 1. The normalized spacial score (nSPS) is 25.5. The first-order chi connectivity index (χ1) is 10.1. The van der Waals surface area contributed by atoms with Crippen molar-refractivity contribution in [3.8, 4) is 0 Å². The van der Waals surface area contributed by atoms with E-state index in [0.29, 0.717) is 5.25 Å². The lowest BCUT2D eigenvalue weighted by Crippen LogP contribution is -2.53. The van der Waals surface area contributed by atoms with Gasteiger partial charge in [-0.3, -0.25) is 4.79 Å². The van der Waals surface area contributed by atoms with Gasteiger partial charge in [0.1, 0.15) is 0 Å². The quantitative estimate of drug-likeness (QED) is 0.888. The number of benzene rings is 1. The number of primary amides is 1. The highest BCUT2D eigenvalue weighted by atomic mass is 32.2. The van der Waals surface area contributed by atoms with Gasteiger partial charge in [0.05, 0.1) is 15.8 Å². The van der Waals surface area contributed by atoms with Crippen molar-refractivity contribution in [2.45, 2.75) is 41.3 Å². The van der Waals surface area contributed by atoms with E-state index in [0.717, 1.165) is 35.7 Å². The lowest BCUT2D eigenvalue weighted by molar-refractivity contribution is -0.124. The van der Waals surface area contributed by atoms with Crippen LogP contribution in [0.25, 0.3) is 10.2 Å². The second-order valence-corrected chi connectivity index (χ2v) is 7.98. The maximum atomic E-state index is 11.8. The summed E-state index contributed by atoms with van der Waals surface area (Å²) in [5.74, 6) is -0.225. The first kappa shape index (κ1) is 14.8. The molecule has 1 aliphatic carbocycles. The summed E-state index contributed by atoms with van der Waals surface area (Å²) in [6.07, 6.45) is 2.60. The van der Waals surface area contributed by atoms with Crippen LogP contribution in [0.1, 0.15) is 26.2 Å². The summed E-state index contributed by atoms with van der Waals surface area (Å²) < 4.78 is 2.30. The minimum atomic E-state index is -0.525.